The summed E-state index contributed by atoms with van der Waals surface area (Å²) in [5.74, 6) is -0.0461. The highest BCUT2D eigenvalue weighted by atomic mass is 32.2. The molecule has 0 amide bonds. The van der Waals surface area contributed by atoms with Crippen molar-refractivity contribution in [2.24, 2.45) is 0 Å². The summed E-state index contributed by atoms with van der Waals surface area (Å²) in [4.78, 5) is 17.3. The largest absolute Gasteiger partial charge is 0.469 e. The maximum atomic E-state index is 11.8. The van der Waals surface area contributed by atoms with Crippen LogP contribution in [0.4, 0.5) is 5.82 Å². The van der Waals surface area contributed by atoms with Gasteiger partial charge >= 0.3 is 5.97 Å². The summed E-state index contributed by atoms with van der Waals surface area (Å²) in [6.45, 7) is 1.11. The SMILES string of the molecule is COCCN(CCC(=O)OC)c1ncccc1S(C)(=O)=O. The molecule has 0 saturated heterocycles. The maximum Gasteiger partial charge on any atom is 0.307 e. The number of hydrogen-bond acceptors (Lipinski definition) is 7. The second-order valence-electron chi connectivity index (χ2n) is 4.40. The first-order chi connectivity index (χ1) is 9.90. The van der Waals surface area contributed by atoms with E-state index in [-0.39, 0.29) is 17.3 Å². The molecule has 1 aromatic rings. The minimum absolute atomic E-state index is 0.131. The number of sulfone groups is 1. The standard InChI is InChI=1S/C13H20N2O5S/c1-19-10-9-15(8-6-12(16)20-2)13-11(21(3,17)18)5-4-7-14-13/h4-5,7H,6,8-10H2,1-3H3. The monoisotopic (exact) mass is 316 g/mol. The van der Waals surface area contributed by atoms with E-state index in [0.717, 1.165) is 6.26 Å². The minimum atomic E-state index is -3.41. The third-order valence-corrected chi connectivity index (χ3v) is 3.95. The predicted molar refractivity (Wildman–Crippen MR) is 78.1 cm³/mol. The van der Waals surface area contributed by atoms with Gasteiger partial charge in [-0.25, -0.2) is 13.4 Å². The second-order valence-corrected chi connectivity index (χ2v) is 6.39. The third kappa shape index (κ3) is 5.31. The van der Waals surface area contributed by atoms with Crippen LogP contribution in [0.1, 0.15) is 6.42 Å². The Bertz CT molecular complexity index is 574. The Hall–Kier alpha value is -1.67. The lowest BCUT2D eigenvalue weighted by Crippen LogP contribution is -2.31. The van der Waals surface area contributed by atoms with Crippen LogP contribution in [0.5, 0.6) is 0 Å². The number of nitrogens with zero attached hydrogens (tertiary/aromatic N) is 2. The summed E-state index contributed by atoms with van der Waals surface area (Å²) in [6, 6.07) is 3.06. The van der Waals surface area contributed by atoms with Crippen molar-refractivity contribution in [3.05, 3.63) is 18.3 Å². The zero-order valence-electron chi connectivity index (χ0n) is 12.4. The average Bonchev–Trinajstić information content (AvgIpc) is 2.46. The normalized spacial score (nSPS) is 11.2. The molecule has 0 fully saturated rings. The van der Waals surface area contributed by atoms with E-state index >= 15 is 0 Å². The van der Waals surface area contributed by atoms with Crippen molar-refractivity contribution in [3.8, 4) is 0 Å². The van der Waals surface area contributed by atoms with Crippen molar-refractivity contribution in [3.63, 3.8) is 0 Å². The van der Waals surface area contributed by atoms with Crippen LogP contribution in [0.25, 0.3) is 0 Å². The Morgan fingerprint density at radius 1 is 1.33 bits per heavy atom. The van der Waals surface area contributed by atoms with E-state index in [1.54, 1.807) is 18.1 Å². The highest BCUT2D eigenvalue weighted by molar-refractivity contribution is 7.90. The topological polar surface area (TPSA) is 85.8 Å². The van der Waals surface area contributed by atoms with Gasteiger partial charge in [-0.3, -0.25) is 4.79 Å². The number of rotatable bonds is 8. The summed E-state index contributed by atoms with van der Waals surface area (Å²) in [5.41, 5.74) is 0. The van der Waals surface area contributed by atoms with E-state index in [4.69, 9.17) is 4.74 Å². The molecule has 7 nitrogen and oxygen atoms in total. The molecule has 118 valence electrons. The van der Waals surface area contributed by atoms with Gasteiger partial charge in [0.25, 0.3) is 0 Å². The third-order valence-electron chi connectivity index (χ3n) is 2.83. The minimum Gasteiger partial charge on any atom is -0.469 e. The van der Waals surface area contributed by atoms with Crippen LogP contribution in [-0.2, 0) is 24.1 Å². The maximum absolute atomic E-state index is 11.8. The van der Waals surface area contributed by atoms with E-state index < -0.39 is 9.84 Å². The Labute approximate surface area is 124 Å². The fraction of sp³-hybridized carbons (Fsp3) is 0.538. The molecule has 0 aliphatic heterocycles. The number of anilines is 1. The highest BCUT2D eigenvalue weighted by Crippen LogP contribution is 2.22. The molecule has 0 aliphatic carbocycles. The van der Waals surface area contributed by atoms with Gasteiger partial charge in [0.05, 0.1) is 20.1 Å². The Balaban J connectivity index is 3.05. The van der Waals surface area contributed by atoms with Crippen molar-refractivity contribution in [1.82, 2.24) is 4.98 Å². The van der Waals surface area contributed by atoms with E-state index in [9.17, 15) is 13.2 Å². The molecule has 0 aliphatic rings. The lowest BCUT2D eigenvalue weighted by Gasteiger charge is -2.24. The second kappa shape index (κ2) is 7.94. The van der Waals surface area contributed by atoms with Gasteiger partial charge in [-0.2, -0.15) is 0 Å². The van der Waals surface area contributed by atoms with Crippen molar-refractivity contribution >= 4 is 21.6 Å². The van der Waals surface area contributed by atoms with Gasteiger partial charge in [0.15, 0.2) is 9.84 Å². The summed E-state index contributed by atoms with van der Waals surface area (Å²) < 4.78 is 33.3. The number of ether oxygens (including phenoxy) is 2. The van der Waals surface area contributed by atoms with Crippen LogP contribution in [0, 0.1) is 0 Å². The van der Waals surface area contributed by atoms with Crippen LogP contribution >= 0.6 is 0 Å². The number of carbonyl (C=O) groups is 1. The van der Waals surface area contributed by atoms with Crippen LogP contribution < -0.4 is 4.90 Å². The van der Waals surface area contributed by atoms with Crippen molar-refractivity contribution < 1.29 is 22.7 Å². The Morgan fingerprint density at radius 3 is 2.62 bits per heavy atom. The number of esters is 1. The smallest absolute Gasteiger partial charge is 0.307 e. The Morgan fingerprint density at radius 2 is 2.05 bits per heavy atom. The van der Waals surface area contributed by atoms with Gasteiger partial charge in [0, 0.05) is 32.7 Å². The zero-order valence-corrected chi connectivity index (χ0v) is 13.2. The van der Waals surface area contributed by atoms with Gasteiger partial charge in [-0.1, -0.05) is 0 Å². The number of carbonyl (C=O) groups excluding carboxylic acids is 1. The molecule has 8 heteroatoms. The lowest BCUT2D eigenvalue weighted by molar-refractivity contribution is -0.140. The van der Waals surface area contributed by atoms with E-state index in [2.05, 4.69) is 9.72 Å². The predicted octanol–water partition coefficient (Wildman–Crippen LogP) is 0.501. The molecule has 1 heterocycles. The first kappa shape index (κ1) is 17.4. The van der Waals surface area contributed by atoms with Crippen LogP contribution in [0.2, 0.25) is 0 Å². The van der Waals surface area contributed by atoms with Crippen molar-refractivity contribution in [2.45, 2.75) is 11.3 Å². The van der Waals surface area contributed by atoms with Crippen molar-refractivity contribution in [1.29, 1.82) is 0 Å². The van der Waals surface area contributed by atoms with Crippen LogP contribution in [0.3, 0.4) is 0 Å². The molecular formula is C13H20N2O5S. The Kier molecular flexibility index (Phi) is 6.57. The molecule has 0 saturated carbocycles. The highest BCUT2D eigenvalue weighted by Gasteiger charge is 2.20. The molecule has 0 atom stereocenters. The summed E-state index contributed by atoms with van der Waals surface area (Å²) in [5, 5.41) is 0. The first-order valence-corrected chi connectivity index (χ1v) is 8.25. The molecule has 0 unspecified atom stereocenters. The van der Waals surface area contributed by atoms with Gasteiger partial charge in [-0.05, 0) is 12.1 Å². The molecule has 1 aromatic heterocycles. The lowest BCUT2D eigenvalue weighted by atomic mass is 10.3. The molecule has 21 heavy (non-hydrogen) atoms. The number of methoxy groups -OCH3 is 2. The van der Waals surface area contributed by atoms with Gasteiger partial charge in [0.1, 0.15) is 10.7 Å². The van der Waals surface area contributed by atoms with Gasteiger partial charge in [-0.15, -0.1) is 0 Å². The van der Waals surface area contributed by atoms with E-state index in [1.165, 1.54) is 19.4 Å². The fourth-order valence-electron chi connectivity index (χ4n) is 1.76. The fourth-order valence-corrected chi connectivity index (χ4v) is 2.60. The molecule has 0 bridgehead atoms. The van der Waals surface area contributed by atoms with Crippen LogP contribution in [-0.4, -0.2) is 59.5 Å². The molecule has 1 rings (SSSR count). The van der Waals surface area contributed by atoms with E-state index in [0.29, 0.717) is 25.5 Å². The summed E-state index contributed by atoms with van der Waals surface area (Å²) >= 11 is 0. The van der Waals surface area contributed by atoms with E-state index in [1.807, 2.05) is 0 Å². The average molecular weight is 316 g/mol. The molecule has 0 N–H and O–H groups in total. The number of hydrogen-bond donors (Lipinski definition) is 0. The summed E-state index contributed by atoms with van der Waals surface area (Å²) in [6.07, 6.45) is 2.78. The number of aromatic nitrogens is 1. The summed E-state index contributed by atoms with van der Waals surface area (Å²) in [7, 11) is -0.549. The molecule has 0 spiro atoms. The molecule has 0 radical (unpaired) electrons. The first-order valence-electron chi connectivity index (χ1n) is 6.36. The van der Waals surface area contributed by atoms with Gasteiger partial charge < -0.3 is 14.4 Å². The number of pyridine rings is 1. The zero-order chi connectivity index (χ0) is 15.9. The molecule has 0 aromatic carbocycles. The van der Waals surface area contributed by atoms with Crippen molar-refractivity contribution in [2.75, 3.05) is 45.1 Å². The quantitative estimate of drug-likeness (QED) is 0.646. The molecular weight excluding hydrogens is 296 g/mol. The van der Waals surface area contributed by atoms with Gasteiger partial charge in [0.2, 0.25) is 0 Å². The van der Waals surface area contributed by atoms with Crippen LogP contribution in [0.15, 0.2) is 23.2 Å².